The molecule has 18 heavy (non-hydrogen) atoms. The molecule has 1 heterocycles. The number of aromatic nitrogens is 2. The molecule has 0 amide bonds. The van der Waals surface area contributed by atoms with E-state index >= 15 is 0 Å². The average Bonchev–Trinajstić information content (AvgIpc) is 2.77. The Morgan fingerprint density at radius 1 is 1.17 bits per heavy atom. The van der Waals surface area contributed by atoms with E-state index in [9.17, 15) is 13.2 Å². The normalized spacial score (nSPS) is 10.1. The van der Waals surface area contributed by atoms with Crippen molar-refractivity contribution in [3.05, 3.63) is 11.9 Å². The third kappa shape index (κ3) is 5.75. The lowest BCUT2D eigenvalue weighted by Gasteiger charge is -1.94. The predicted molar refractivity (Wildman–Crippen MR) is 66.6 cm³/mol. The molecule has 0 spiro atoms. The summed E-state index contributed by atoms with van der Waals surface area (Å²) in [7, 11) is 0. The van der Waals surface area contributed by atoms with Crippen molar-refractivity contribution in [1.29, 1.82) is 5.26 Å². The van der Waals surface area contributed by atoms with Crippen molar-refractivity contribution >= 4 is 34.9 Å². The smallest absolute Gasteiger partial charge is 0.206 e. The lowest BCUT2D eigenvalue weighted by atomic mass is 10.4. The Balaban J connectivity index is 2.32. The fourth-order valence-electron chi connectivity index (χ4n) is 0.820. The molecule has 0 N–H and O–H groups in total. The number of allylic oxidation sites excluding steroid dienone is 1. The van der Waals surface area contributed by atoms with Gasteiger partial charge in [0, 0.05) is 24.3 Å². The minimum absolute atomic E-state index is 0.195. The van der Waals surface area contributed by atoms with Crippen LogP contribution >= 0.6 is 34.9 Å². The molecule has 0 aromatic carbocycles. The molecule has 1 rings (SSSR count). The highest BCUT2D eigenvalue weighted by Crippen LogP contribution is 2.30. The van der Waals surface area contributed by atoms with E-state index in [1.54, 1.807) is 0 Å². The van der Waals surface area contributed by atoms with Gasteiger partial charge in [-0.15, -0.1) is 10.2 Å². The van der Waals surface area contributed by atoms with Crippen LogP contribution in [-0.2, 0) is 0 Å². The molecule has 0 radical (unpaired) electrons. The Labute approximate surface area is 114 Å². The Kier molecular flexibility index (Phi) is 7.15. The molecule has 0 aliphatic rings. The summed E-state index contributed by atoms with van der Waals surface area (Å²) in [4.78, 5) is 0. The van der Waals surface area contributed by atoms with E-state index in [1.807, 2.05) is 6.07 Å². The van der Waals surface area contributed by atoms with Gasteiger partial charge in [0.05, 0.1) is 6.07 Å². The molecular weight excluding hydrogens is 303 g/mol. The van der Waals surface area contributed by atoms with Crippen LogP contribution < -0.4 is 0 Å². The molecule has 0 aliphatic carbocycles. The summed E-state index contributed by atoms with van der Waals surface area (Å²) in [5.41, 5.74) is 0. The zero-order valence-corrected chi connectivity index (χ0v) is 11.5. The molecule has 0 fully saturated rings. The highest BCUT2D eigenvalue weighted by molar-refractivity contribution is 8.03. The van der Waals surface area contributed by atoms with Crippen molar-refractivity contribution in [2.75, 3.05) is 11.5 Å². The minimum atomic E-state index is -2.26. The van der Waals surface area contributed by atoms with Crippen LogP contribution in [0.2, 0.25) is 0 Å². The summed E-state index contributed by atoms with van der Waals surface area (Å²) in [6, 6.07) is 2.01. The van der Waals surface area contributed by atoms with Crippen LogP contribution in [0.3, 0.4) is 0 Å². The highest BCUT2D eigenvalue weighted by Gasteiger charge is 2.08. The first-order valence-corrected chi connectivity index (χ1v) is 7.58. The number of hydrogen-bond acceptors (Lipinski definition) is 6. The van der Waals surface area contributed by atoms with E-state index in [4.69, 9.17) is 5.26 Å². The van der Waals surface area contributed by atoms with Crippen molar-refractivity contribution in [2.24, 2.45) is 0 Å². The van der Waals surface area contributed by atoms with Gasteiger partial charge in [0.15, 0.2) is 14.5 Å². The number of halogens is 3. The monoisotopic (exact) mass is 311 g/mol. The van der Waals surface area contributed by atoms with E-state index in [-0.39, 0.29) is 12.2 Å². The Morgan fingerprint density at radius 2 is 1.78 bits per heavy atom. The Bertz CT molecular complexity index is 451. The third-order valence-corrected chi connectivity index (χ3v) is 4.77. The van der Waals surface area contributed by atoms with Gasteiger partial charge in [-0.25, -0.2) is 4.39 Å². The molecule has 0 atom stereocenters. The first-order valence-electron chi connectivity index (χ1n) is 4.79. The minimum Gasteiger partial charge on any atom is -0.206 e. The lowest BCUT2D eigenvalue weighted by Crippen LogP contribution is -1.82. The number of rotatable bonds is 7. The Morgan fingerprint density at radius 3 is 2.33 bits per heavy atom. The van der Waals surface area contributed by atoms with Crippen LogP contribution in [-0.4, -0.2) is 21.7 Å². The van der Waals surface area contributed by atoms with Crippen LogP contribution in [0.4, 0.5) is 13.2 Å². The van der Waals surface area contributed by atoms with E-state index in [0.29, 0.717) is 16.5 Å². The topological polar surface area (TPSA) is 49.6 Å². The van der Waals surface area contributed by atoms with Gasteiger partial charge < -0.3 is 0 Å². The van der Waals surface area contributed by atoms with Crippen LogP contribution in [0.1, 0.15) is 12.8 Å². The summed E-state index contributed by atoms with van der Waals surface area (Å²) in [6.07, 6.45) is -2.15. The van der Waals surface area contributed by atoms with E-state index < -0.39 is 11.9 Å². The maximum atomic E-state index is 12.5. The molecule has 0 bridgehead atoms. The molecule has 0 saturated carbocycles. The number of nitrogens with zero attached hydrogens (tertiary/aromatic N) is 3. The summed E-state index contributed by atoms with van der Waals surface area (Å²) in [6.45, 7) is 0. The zero-order chi connectivity index (χ0) is 13.4. The van der Waals surface area contributed by atoms with Gasteiger partial charge in [0.2, 0.25) is 0 Å². The van der Waals surface area contributed by atoms with E-state index in [0.717, 1.165) is 4.34 Å². The first-order chi connectivity index (χ1) is 8.63. The largest absolute Gasteiger partial charge is 0.301 e. The van der Waals surface area contributed by atoms with Gasteiger partial charge >= 0.3 is 6.08 Å². The van der Waals surface area contributed by atoms with Crippen LogP contribution in [0, 0.1) is 11.3 Å². The lowest BCUT2D eigenvalue weighted by molar-refractivity contribution is 0.373. The van der Waals surface area contributed by atoms with Gasteiger partial charge in [-0.1, -0.05) is 34.9 Å². The second-order valence-electron chi connectivity index (χ2n) is 2.85. The maximum Gasteiger partial charge on any atom is 0.301 e. The summed E-state index contributed by atoms with van der Waals surface area (Å²) < 4.78 is 37.4. The molecule has 0 unspecified atom stereocenters. The van der Waals surface area contributed by atoms with E-state index in [1.165, 1.54) is 34.9 Å². The number of nitriles is 1. The van der Waals surface area contributed by atoms with Crippen molar-refractivity contribution < 1.29 is 13.2 Å². The van der Waals surface area contributed by atoms with Gasteiger partial charge in [-0.2, -0.15) is 14.0 Å². The van der Waals surface area contributed by atoms with Crippen molar-refractivity contribution in [3.8, 4) is 6.07 Å². The van der Waals surface area contributed by atoms with Crippen LogP contribution in [0.15, 0.2) is 20.6 Å². The molecule has 3 nitrogen and oxygen atoms in total. The van der Waals surface area contributed by atoms with Gasteiger partial charge in [0.1, 0.15) is 0 Å². The quantitative estimate of drug-likeness (QED) is 0.560. The second kappa shape index (κ2) is 8.39. The third-order valence-electron chi connectivity index (χ3n) is 1.58. The molecular formula is C9H8F3N3S3. The molecule has 0 saturated heterocycles. The molecule has 1 aromatic rings. The van der Waals surface area contributed by atoms with Crippen LogP contribution in [0.25, 0.3) is 0 Å². The van der Waals surface area contributed by atoms with Crippen LogP contribution in [0.5, 0.6) is 0 Å². The zero-order valence-electron chi connectivity index (χ0n) is 9.03. The molecule has 1 aromatic heterocycles. The summed E-state index contributed by atoms with van der Waals surface area (Å²) >= 11 is 3.91. The molecule has 9 heteroatoms. The fourth-order valence-corrected chi connectivity index (χ4v) is 3.76. The van der Waals surface area contributed by atoms with Crippen molar-refractivity contribution in [2.45, 2.75) is 21.5 Å². The van der Waals surface area contributed by atoms with Gasteiger partial charge in [-0.3, -0.25) is 0 Å². The average molecular weight is 311 g/mol. The van der Waals surface area contributed by atoms with Gasteiger partial charge in [-0.05, 0) is 0 Å². The molecule has 0 aliphatic heterocycles. The SMILES string of the molecule is N#CCCSc1nnc(SCCC(F)=C(F)F)s1. The second-order valence-corrected chi connectivity index (χ2v) is 6.52. The predicted octanol–water partition coefficient (Wildman–Crippen LogP) is 4.10. The maximum absolute atomic E-state index is 12.5. The standard InChI is InChI=1S/C9H8F3N3S3/c10-6(7(11)12)2-5-17-9-15-14-8(18-9)16-4-1-3-13/h1-2,4-5H2. The molecule has 98 valence electrons. The Hall–Kier alpha value is -0.720. The first kappa shape index (κ1) is 15.3. The highest BCUT2D eigenvalue weighted by atomic mass is 32.2. The summed E-state index contributed by atoms with van der Waals surface area (Å²) in [5.74, 6) is -0.545. The van der Waals surface area contributed by atoms with Crippen molar-refractivity contribution in [1.82, 2.24) is 10.2 Å². The van der Waals surface area contributed by atoms with Gasteiger partial charge in [0.25, 0.3) is 0 Å². The van der Waals surface area contributed by atoms with E-state index in [2.05, 4.69) is 10.2 Å². The number of thioether (sulfide) groups is 2. The van der Waals surface area contributed by atoms with Crippen molar-refractivity contribution in [3.63, 3.8) is 0 Å². The summed E-state index contributed by atoms with van der Waals surface area (Å²) in [5, 5.41) is 16.1. The fraction of sp³-hybridized carbons (Fsp3) is 0.444. The number of hydrogen-bond donors (Lipinski definition) is 0.